The number of rotatable bonds is 0. The fourth-order valence-electron chi connectivity index (χ4n) is 2.07. The molecule has 0 radical (unpaired) electrons. The smallest absolute Gasteiger partial charge is 0.219 e. The Kier molecular flexibility index (Phi) is 2.28. The molecular weight excluding hydrogens is 174 g/mol. The number of hydrogen-bond acceptors (Lipinski definition) is 1. The van der Waals surface area contributed by atoms with Gasteiger partial charge in [0.1, 0.15) is 0 Å². The summed E-state index contributed by atoms with van der Waals surface area (Å²) in [6.45, 7) is 5.43. The summed E-state index contributed by atoms with van der Waals surface area (Å²) in [7, 11) is 0. The van der Waals surface area contributed by atoms with Crippen LogP contribution < -0.4 is 0 Å². The zero-order valence-electron chi connectivity index (χ0n) is 8.71. The molecule has 0 fully saturated rings. The summed E-state index contributed by atoms with van der Waals surface area (Å²) in [6, 6.07) is 6.33. The lowest BCUT2D eigenvalue weighted by atomic mass is 9.95. The number of carbonyl (C=O) groups excluding carboxylic acids is 1. The maximum absolute atomic E-state index is 11.2. The van der Waals surface area contributed by atoms with Crippen molar-refractivity contribution in [2.75, 3.05) is 6.54 Å². The molecule has 2 rings (SSSR count). The van der Waals surface area contributed by atoms with Crippen molar-refractivity contribution in [1.82, 2.24) is 4.90 Å². The number of carbonyl (C=O) groups is 1. The fourth-order valence-corrected chi connectivity index (χ4v) is 2.07. The second-order valence-corrected chi connectivity index (χ2v) is 3.90. The quantitative estimate of drug-likeness (QED) is 0.610. The molecule has 1 aliphatic rings. The van der Waals surface area contributed by atoms with Crippen molar-refractivity contribution < 1.29 is 4.79 Å². The van der Waals surface area contributed by atoms with Gasteiger partial charge >= 0.3 is 0 Å². The van der Waals surface area contributed by atoms with Gasteiger partial charge in [-0.2, -0.15) is 0 Å². The minimum Gasteiger partial charge on any atom is -0.338 e. The molecule has 0 aliphatic carbocycles. The first kappa shape index (κ1) is 9.25. The Bertz CT molecular complexity index is 371. The van der Waals surface area contributed by atoms with Gasteiger partial charge in [0, 0.05) is 20.0 Å². The minimum atomic E-state index is 0.178. The number of fused-ring (bicyclic) bond motifs is 1. The van der Waals surface area contributed by atoms with Crippen LogP contribution in [0.3, 0.4) is 0 Å². The van der Waals surface area contributed by atoms with Crippen molar-refractivity contribution in [2.24, 2.45) is 0 Å². The van der Waals surface area contributed by atoms with Crippen molar-refractivity contribution in [2.45, 2.75) is 26.8 Å². The molecule has 14 heavy (non-hydrogen) atoms. The predicted octanol–water partition coefficient (Wildman–Crippen LogP) is 1.90. The zero-order chi connectivity index (χ0) is 10.1. The summed E-state index contributed by atoms with van der Waals surface area (Å²) >= 11 is 0. The van der Waals surface area contributed by atoms with E-state index in [1.807, 2.05) is 4.90 Å². The van der Waals surface area contributed by atoms with Gasteiger partial charge in [0.2, 0.25) is 5.91 Å². The van der Waals surface area contributed by atoms with E-state index in [2.05, 4.69) is 25.1 Å². The Labute approximate surface area is 84.5 Å². The van der Waals surface area contributed by atoms with E-state index < -0.39 is 0 Å². The van der Waals surface area contributed by atoms with Crippen LogP contribution in [-0.2, 0) is 17.8 Å². The second kappa shape index (κ2) is 3.45. The maximum Gasteiger partial charge on any atom is 0.219 e. The molecule has 1 amide bonds. The normalized spacial score (nSPS) is 15.1. The van der Waals surface area contributed by atoms with Gasteiger partial charge in [-0.05, 0) is 30.0 Å². The SMILES string of the molecule is CC(=O)N1CCc2c(C)cccc2C1. The molecule has 2 heteroatoms. The highest BCUT2D eigenvalue weighted by Gasteiger charge is 2.18. The Balaban J connectivity index is 2.31. The van der Waals surface area contributed by atoms with E-state index in [1.165, 1.54) is 16.7 Å². The van der Waals surface area contributed by atoms with Crippen LogP contribution in [0.4, 0.5) is 0 Å². The first-order chi connectivity index (χ1) is 6.68. The number of hydrogen-bond donors (Lipinski definition) is 0. The Morgan fingerprint density at radius 1 is 1.43 bits per heavy atom. The van der Waals surface area contributed by atoms with Crippen LogP contribution in [0.5, 0.6) is 0 Å². The third kappa shape index (κ3) is 1.52. The van der Waals surface area contributed by atoms with Crippen molar-refractivity contribution in [3.05, 3.63) is 34.9 Å². The molecule has 2 nitrogen and oxygen atoms in total. The molecule has 0 bridgehead atoms. The summed E-state index contributed by atoms with van der Waals surface area (Å²) in [5.74, 6) is 0.178. The first-order valence-corrected chi connectivity index (χ1v) is 5.01. The first-order valence-electron chi connectivity index (χ1n) is 5.01. The highest BCUT2D eigenvalue weighted by atomic mass is 16.2. The summed E-state index contributed by atoms with van der Waals surface area (Å²) in [4.78, 5) is 13.1. The molecule has 74 valence electrons. The summed E-state index contributed by atoms with van der Waals surface area (Å²) in [5.41, 5.74) is 4.10. The van der Waals surface area contributed by atoms with E-state index >= 15 is 0 Å². The van der Waals surface area contributed by atoms with Crippen LogP contribution in [0.2, 0.25) is 0 Å². The average molecular weight is 189 g/mol. The van der Waals surface area contributed by atoms with E-state index in [1.54, 1.807) is 6.92 Å². The third-order valence-electron chi connectivity index (χ3n) is 2.95. The van der Waals surface area contributed by atoms with Gasteiger partial charge in [-0.25, -0.2) is 0 Å². The zero-order valence-corrected chi connectivity index (χ0v) is 8.71. The highest BCUT2D eigenvalue weighted by Crippen LogP contribution is 2.21. The Morgan fingerprint density at radius 2 is 2.21 bits per heavy atom. The molecule has 1 aromatic rings. The molecule has 0 aromatic heterocycles. The molecule has 1 aliphatic heterocycles. The fraction of sp³-hybridized carbons (Fsp3) is 0.417. The van der Waals surface area contributed by atoms with Crippen LogP contribution >= 0.6 is 0 Å². The van der Waals surface area contributed by atoms with E-state index in [0.717, 1.165) is 19.5 Å². The topological polar surface area (TPSA) is 20.3 Å². The summed E-state index contributed by atoms with van der Waals surface area (Å²) in [6.07, 6.45) is 1.00. The van der Waals surface area contributed by atoms with E-state index in [4.69, 9.17) is 0 Å². The molecule has 1 heterocycles. The van der Waals surface area contributed by atoms with Crippen LogP contribution in [0.25, 0.3) is 0 Å². The average Bonchev–Trinajstić information content (AvgIpc) is 2.17. The lowest BCUT2D eigenvalue weighted by Crippen LogP contribution is -2.34. The second-order valence-electron chi connectivity index (χ2n) is 3.90. The number of nitrogens with zero attached hydrogens (tertiary/aromatic N) is 1. The highest BCUT2D eigenvalue weighted by molar-refractivity contribution is 5.73. The summed E-state index contributed by atoms with van der Waals surface area (Å²) in [5, 5.41) is 0. The summed E-state index contributed by atoms with van der Waals surface area (Å²) < 4.78 is 0. The maximum atomic E-state index is 11.2. The van der Waals surface area contributed by atoms with E-state index in [-0.39, 0.29) is 5.91 Å². The Morgan fingerprint density at radius 3 is 2.93 bits per heavy atom. The van der Waals surface area contributed by atoms with Gasteiger partial charge in [0.25, 0.3) is 0 Å². The van der Waals surface area contributed by atoms with Gasteiger partial charge in [-0.15, -0.1) is 0 Å². The van der Waals surface area contributed by atoms with Gasteiger partial charge in [-0.1, -0.05) is 18.2 Å². The van der Waals surface area contributed by atoms with Crippen molar-refractivity contribution in [1.29, 1.82) is 0 Å². The molecule has 0 atom stereocenters. The number of amides is 1. The largest absolute Gasteiger partial charge is 0.338 e. The number of benzene rings is 1. The van der Waals surface area contributed by atoms with Crippen LogP contribution in [-0.4, -0.2) is 17.4 Å². The monoisotopic (exact) mass is 189 g/mol. The van der Waals surface area contributed by atoms with Crippen molar-refractivity contribution in [3.63, 3.8) is 0 Å². The van der Waals surface area contributed by atoms with Gasteiger partial charge in [-0.3, -0.25) is 4.79 Å². The molecule has 0 unspecified atom stereocenters. The molecule has 0 saturated carbocycles. The van der Waals surface area contributed by atoms with Gasteiger partial charge in [0.15, 0.2) is 0 Å². The number of aryl methyl sites for hydroxylation is 1. The van der Waals surface area contributed by atoms with Gasteiger partial charge in [0.05, 0.1) is 0 Å². The van der Waals surface area contributed by atoms with Crippen molar-refractivity contribution in [3.8, 4) is 0 Å². The predicted molar refractivity (Wildman–Crippen MR) is 56.0 cm³/mol. The van der Waals surface area contributed by atoms with Gasteiger partial charge < -0.3 is 4.90 Å². The van der Waals surface area contributed by atoms with Crippen molar-refractivity contribution >= 4 is 5.91 Å². The lowest BCUT2D eigenvalue weighted by molar-refractivity contribution is -0.129. The standard InChI is InChI=1S/C12H15NO/c1-9-4-3-5-11-8-13(10(2)14)7-6-12(9)11/h3-5H,6-8H2,1-2H3. The third-order valence-corrected chi connectivity index (χ3v) is 2.95. The molecule has 0 N–H and O–H groups in total. The van der Waals surface area contributed by atoms with E-state index in [0.29, 0.717) is 0 Å². The van der Waals surface area contributed by atoms with Crippen LogP contribution in [0.1, 0.15) is 23.6 Å². The minimum absolute atomic E-state index is 0.178. The Hall–Kier alpha value is -1.31. The van der Waals surface area contributed by atoms with E-state index in [9.17, 15) is 4.79 Å². The molecule has 1 aromatic carbocycles. The molecular formula is C12H15NO. The van der Waals surface area contributed by atoms with Crippen LogP contribution in [0.15, 0.2) is 18.2 Å². The lowest BCUT2D eigenvalue weighted by Gasteiger charge is -2.28. The van der Waals surface area contributed by atoms with Crippen LogP contribution in [0, 0.1) is 6.92 Å². The molecule has 0 spiro atoms. The molecule has 0 saturated heterocycles.